The molecule has 0 aromatic carbocycles. The van der Waals surface area contributed by atoms with Crippen LogP contribution in [0.3, 0.4) is 0 Å². The van der Waals surface area contributed by atoms with Crippen molar-refractivity contribution in [2.45, 2.75) is 110 Å². The van der Waals surface area contributed by atoms with Crippen LogP contribution in [0.15, 0.2) is 0 Å². The summed E-state index contributed by atoms with van der Waals surface area (Å²) < 4.78 is 0. The summed E-state index contributed by atoms with van der Waals surface area (Å²) in [4.78, 5) is 12.8. The third kappa shape index (κ3) is 3.14. The predicted molar refractivity (Wildman–Crippen MR) is 108 cm³/mol. The van der Waals surface area contributed by atoms with Gasteiger partial charge in [-0.15, -0.1) is 0 Å². The quantitative estimate of drug-likeness (QED) is 0.634. The van der Waals surface area contributed by atoms with E-state index in [1.165, 1.54) is 70.6 Å². The number of fused-ring (bicyclic) bond motifs is 5. The Bertz CT molecular complexity index is 549. The van der Waals surface area contributed by atoms with E-state index >= 15 is 0 Å². The highest BCUT2D eigenvalue weighted by atomic mass is 16.1. The van der Waals surface area contributed by atoms with Crippen molar-refractivity contribution >= 4 is 5.91 Å². The van der Waals surface area contributed by atoms with Crippen molar-refractivity contribution in [1.82, 2.24) is 5.32 Å². The van der Waals surface area contributed by atoms with Gasteiger partial charge in [-0.2, -0.15) is 0 Å². The lowest BCUT2D eigenvalue weighted by Gasteiger charge is -2.60. The minimum absolute atomic E-state index is 0.105. The average molecular weight is 360 g/mol. The van der Waals surface area contributed by atoms with Gasteiger partial charge in [0.15, 0.2) is 0 Å². The molecule has 26 heavy (non-hydrogen) atoms. The second-order valence-corrected chi connectivity index (χ2v) is 11.7. The van der Waals surface area contributed by atoms with Gasteiger partial charge in [0.1, 0.15) is 0 Å². The normalized spacial score (nSPS) is 45.4. The van der Waals surface area contributed by atoms with Crippen LogP contribution in [0.4, 0.5) is 0 Å². The molecular weight excluding hydrogens is 318 g/mol. The van der Waals surface area contributed by atoms with Gasteiger partial charge in [-0.3, -0.25) is 4.79 Å². The fraction of sp³-hybridized carbons (Fsp3) is 0.958. The van der Waals surface area contributed by atoms with Gasteiger partial charge in [0.2, 0.25) is 5.91 Å². The maximum Gasteiger partial charge on any atom is 0.220 e. The Labute approximate surface area is 161 Å². The van der Waals surface area contributed by atoms with E-state index in [0.29, 0.717) is 16.7 Å². The predicted octanol–water partition coefficient (Wildman–Crippen LogP) is 6.09. The first kappa shape index (κ1) is 18.8. The first-order valence-corrected chi connectivity index (χ1v) is 11.5. The van der Waals surface area contributed by atoms with Crippen LogP contribution >= 0.6 is 0 Å². The fourth-order valence-electron chi connectivity index (χ4n) is 8.18. The minimum Gasteiger partial charge on any atom is -0.351 e. The van der Waals surface area contributed by atoms with E-state index in [1.54, 1.807) is 0 Å². The number of rotatable bonds is 2. The Morgan fingerprint density at radius 3 is 2.50 bits per heavy atom. The van der Waals surface area contributed by atoms with Gasteiger partial charge in [0.05, 0.1) is 0 Å². The highest BCUT2D eigenvalue weighted by Gasteiger charge is 2.58. The van der Waals surface area contributed by atoms with E-state index < -0.39 is 0 Å². The first-order valence-electron chi connectivity index (χ1n) is 11.5. The van der Waals surface area contributed by atoms with Crippen molar-refractivity contribution in [2.75, 3.05) is 0 Å². The molecule has 148 valence electrons. The summed E-state index contributed by atoms with van der Waals surface area (Å²) in [6.45, 7) is 8.98. The van der Waals surface area contributed by atoms with Gasteiger partial charge in [0.25, 0.3) is 0 Å². The molecule has 0 aliphatic heterocycles. The fourth-order valence-corrected chi connectivity index (χ4v) is 8.18. The lowest BCUT2D eigenvalue weighted by atomic mass is 9.45. The Kier molecular flexibility index (Phi) is 4.72. The number of hydrogen-bond donors (Lipinski definition) is 1. The number of hydrogen-bond acceptors (Lipinski definition) is 1. The Hall–Kier alpha value is -0.530. The molecule has 4 aliphatic carbocycles. The second kappa shape index (κ2) is 6.52. The zero-order valence-electron chi connectivity index (χ0n) is 17.7. The molecule has 0 aromatic heterocycles. The summed E-state index contributed by atoms with van der Waals surface area (Å²) in [5.74, 6) is 3.99. The zero-order valence-corrected chi connectivity index (χ0v) is 17.7. The average Bonchev–Trinajstić information content (AvgIpc) is 2.95. The van der Waals surface area contributed by atoms with Gasteiger partial charge in [0, 0.05) is 12.0 Å². The lowest BCUT2D eigenvalue weighted by Crippen LogP contribution is -2.53. The summed E-state index contributed by atoms with van der Waals surface area (Å²) in [6.07, 6.45) is 16.4. The van der Waals surface area contributed by atoms with Crippen molar-refractivity contribution in [3.63, 3.8) is 0 Å². The third-order valence-electron chi connectivity index (χ3n) is 9.14. The van der Waals surface area contributed by atoms with Crippen LogP contribution in [-0.2, 0) is 4.79 Å². The van der Waals surface area contributed by atoms with E-state index in [9.17, 15) is 4.79 Å². The first-order chi connectivity index (χ1) is 12.2. The molecular formula is C24H41NO. The van der Waals surface area contributed by atoms with Crippen LogP contribution in [0, 0.1) is 34.5 Å². The summed E-state index contributed by atoms with van der Waals surface area (Å²) in [5.41, 5.74) is 0.838. The van der Waals surface area contributed by atoms with Crippen molar-refractivity contribution in [2.24, 2.45) is 34.5 Å². The largest absolute Gasteiger partial charge is 0.351 e. The second-order valence-electron chi connectivity index (χ2n) is 11.7. The van der Waals surface area contributed by atoms with Crippen LogP contribution in [0.5, 0.6) is 0 Å². The SMILES string of the molecule is CC(C)(C)NC(=O)C[C@@]12CCC[C@H]1[C@@H]1CCC3CCCC[C@]3(C)[C@H]1CC2. The van der Waals surface area contributed by atoms with Crippen LogP contribution in [-0.4, -0.2) is 11.4 Å². The minimum atomic E-state index is -0.105. The topological polar surface area (TPSA) is 29.1 Å². The Morgan fingerprint density at radius 1 is 0.923 bits per heavy atom. The zero-order chi connectivity index (χ0) is 18.6. The Morgan fingerprint density at radius 2 is 1.73 bits per heavy atom. The monoisotopic (exact) mass is 359 g/mol. The highest BCUT2D eigenvalue weighted by molar-refractivity contribution is 5.77. The van der Waals surface area contributed by atoms with Crippen LogP contribution in [0.1, 0.15) is 105 Å². The van der Waals surface area contributed by atoms with E-state index in [2.05, 4.69) is 33.0 Å². The molecule has 0 saturated heterocycles. The highest BCUT2D eigenvalue weighted by Crippen LogP contribution is 2.67. The molecule has 1 amide bonds. The standard InChI is InChI=1S/C24H41NO/c1-22(2,3)25-21(26)16-24-14-7-9-20(24)18-11-10-17-8-5-6-13-23(17,4)19(18)12-15-24/h17-20H,5-16H2,1-4H3,(H,25,26)/t17?,18-,19+,20+,23+,24+/m1/s1. The van der Waals surface area contributed by atoms with E-state index in [4.69, 9.17) is 0 Å². The molecule has 0 heterocycles. The van der Waals surface area contributed by atoms with Crippen molar-refractivity contribution in [3.05, 3.63) is 0 Å². The van der Waals surface area contributed by atoms with Gasteiger partial charge in [-0.1, -0.05) is 26.2 Å². The Balaban J connectivity index is 1.53. The summed E-state index contributed by atoms with van der Waals surface area (Å²) in [6, 6.07) is 0. The lowest BCUT2D eigenvalue weighted by molar-refractivity contribution is -0.134. The molecule has 0 radical (unpaired) electrons. The maximum absolute atomic E-state index is 12.8. The molecule has 6 atom stereocenters. The van der Waals surface area contributed by atoms with Crippen molar-refractivity contribution < 1.29 is 4.79 Å². The molecule has 4 saturated carbocycles. The summed E-state index contributed by atoms with van der Waals surface area (Å²) >= 11 is 0. The van der Waals surface area contributed by atoms with Crippen molar-refractivity contribution in [1.29, 1.82) is 0 Å². The molecule has 1 N–H and O–H groups in total. The van der Waals surface area contributed by atoms with Crippen LogP contribution < -0.4 is 5.32 Å². The van der Waals surface area contributed by atoms with Crippen LogP contribution in [0.25, 0.3) is 0 Å². The molecule has 4 rings (SSSR count). The molecule has 4 aliphatic rings. The molecule has 2 heteroatoms. The van der Waals surface area contributed by atoms with Crippen molar-refractivity contribution in [3.8, 4) is 0 Å². The maximum atomic E-state index is 12.8. The van der Waals surface area contributed by atoms with Crippen LogP contribution in [0.2, 0.25) is 0 Å². The van der Waals surface area contributed by atoms with E-state index in [-0.39, 0.29) is 5.54 Å². The number of amides is 1. The van der Waals surface area contributed by atoms with Gasteiger partial charge in [-0.05, 0) is 107 Å². The molecule has 0 bridgehead atoms. The molecule has 0 spiro atoms. The molecule has 1 unspecified atom stereocenters. The van der Waals surface area contributed by atoms with Gasteiger partial charge < -0.3 is 5.32 Å². The smallest absolute Gasteiger partial charge is 0.220 e. The summed E-state index contributed by atoms with van der Waals surface area (Å²) in [5, 5.41) is 3.26. The molecule has 2 nitrogen and oxygen atoms in total. The number of nitrogens with one attached hydrogen (secondary N) is 1. The molecule has 4 fully saturated rings. The number of carbonyl (C=O) groups is 1. The third-order valence-corrected chi connectivity index (χ3v) is 9.14. The molecule has 0 aromatic rings. The van der Waals surface area contributed by atoms with E-state index in [1.807, 2.05) is 0 Å². The number of carbonyl (C=O) groups excluding carboxylic acids is 1. The van der Waals surface area contributed by atoms with E-state index in [0.717, 1.165) is 30.1 Å². The summed E-state index contributed by atoms with van der Waals surface area (Å²) in [7, 11) is 0. The van der Waals surface area contributed by atoms with Gasteiger partial charge >= 0.3 is 0 Å². The van der Waals surface area contributed by atoms with Gasteiger partial charge in [-0.25, -0.2) is 0 Å².